The Morgan fingerprint density at radius 1 is 1.20 bits per heavy atom. The largest absolute Gasteiger partial charge is 0.495 e. The van der Waals surface area contributed by atoms with Crippen LogP contribution >= 0.6 is 0 Å². The molecule has 0 aliphatic carbocycles. The van der Waals surface area contributed by atoms with E-state index in [4.69, 9.17) is 9.31 Å². The Morgan fingerprint density at radius 3 is 2.25 bits per heavy atom. The molecule has 1 aromatic heterocycles. The smallest absolute Gasteiger partial charge is 0.399 e. The van der Waals surface area contributed by atoms with Crippen molar-refractivity contribution < 1.29 is 14.1 Å². The van der Waals surface area contributed by atoms with Crippen LogP contribution in [0.25, 0.3) is 0 Å². The van der Waals surface area contributed by atoms with Crippen molar-refractivity contribution in [1.29, 1.82) is 0 Å². The molecule has 20 heavy (non-hydrogen) atoms. The minimum atomic E-state index is -0.661. The second-order valence-corrected chi connectivity index (χ2v) is 5.86. The van der Waals surface area contributed by atoms with Crippen LogP contribution in [0.5, 0.6) is 0 Å². The first-order valence-electron chi connectivity index (χ1n) is 6.48. The highest BCUT2D eigenvalue weighted by molar-refractivity contribution is 6.62. The molecule has 2 N–H and O–H groups in total. The van der Waals surface area contributed by atoms with Gasteiger partial charge >= 0.3 is 7.12 Å². The summed E-state index contributed by atoms with van der Waals surface area (Å²) in [6.45, 7) is 7.72. The Morgan fingerprint density at radius 2 is 1.75 bits per heavy atom. The molecule has 1 aliphatic rings. The number of rotatable bonds is 2. The molecule has 0 bridgehead atoms. The number of amides is 1. The van der Waals surface area contributed by atoms with Crippen molar-refractivity contribution in [3.63, 3.8) is 0 Å². The van der Waals surface area contributed by atoms with Gasteiger partial charge in [-0.25, -0.2) is 0 Å². The van der Waals surface area contributed by atoms with Crippen LogP contribution in [0.1, 0.15) is 38.2 Å². The van der Waals surface area contributed by atoms with Gasteiger partial charge < -0.3 is 19.6 Å². The molecule has 1 aliphatic heterocycles. The van der Waals surface area contributed by atoms with Gasteiger partial charge in [0.05, 0.1) is 11.2 Å². The van der Waals surface area contributed by atoms with Crippen molar-refractivity contribution in [2.75, 3.05) is 7.05 Å². The van der Waals surface area contributed by atoms with E-state index in [1.807, 2.05) is 27.7 Å². The molecule has 1 amide bonds. The molecule has 108 valence electrons. The molecule has 2 rings (SSSR count). The zero-order chi connectivity index (χ0) is 15.1. The number of H-pyrrole nitrogens is 1. The second kappa shape index (κ2) is 4.75. The van der Waals surface area contributed by atoms with Gasteiger partial charge in [-0.05, 0) is 39.2 Å². The summed E-state index contributed by atoms with van der Waals surface area (Å²) in [5.74, 6) is -0.361. The molecule has 1 fully saturated rings. The number of carbonyl (C=O) groups excluding carboxylic acids is 1. The Balaban J connectivity index is 2.38. The van der Waals surface area contributed by atoms with E-state index in [2.05, 4.69) is 10.3 Å². The first-order chi connectivity index (χ1) is 9.16. The third kappa shape index (κ3) is 2.51. The number of aromatic amines is 1. The summed E-state index contributed by atoms with van der Waals surface area (Å²) < 4.78 is 11.7. The van der Waals surface area contributed by atoms with Crippen LogP contribution in [0.4, 0.5) is 0 Å². The van der Waals surface area contributed by atoms with Crippen LogP contribution in [-0.2, 0) is 9.31 Å². The molecule has 6 nitrogen and oxygen atoms in total. The van der Waals surface area contributed by atoms with Crippen molar-refractivity contribution in [3.05, 3.63) is 28.2 Å². The molecule has 0 atom stereocenters. The van der Waals surface area contributed by atoms with E-state index in [1.54, 1.807) is 6.07 Å². The van der Waals surface area contributed by atoms with Gasteiger partial charge in [0.15, 0.2) is 0 Å². The zero-order valence-corrected chi connectivity index (χ0v) is 12.4. The van der Waals surface area contributed by atoms with Crippen LogP contribution < -0.4 is 16.3 Å². The summed E-state index contributed by atoms with van der Waals surface area (Å²) >= 11 is 0. The van der Waals surface area contributed by atoms with Gasteiger partial charge in [-0.1, -0.05) is 0 Å². The minimum Gasteiger partial charge on any atom is -0.399 e. The highest BCUT2D eigenvalue weighted by atomic mass is 16.7. The summed E-state index contributed by atoms with van der Waals surface area (Å²) in [7, 11) is 0.841. The average Bonchev–Trinajstić information content (AvgIpc) is 2.57. The van der Waals surface area contributed by atoms with Gasteiger partial charge in [0, 0.05) is 13.1 Å². The van der Waals surface area contributed by atoms with Gasteiger partial charge in [-0.15, -0.1) is 0 Å². The highest BCUT2D eigenvalue weighted by Crippen LogP contribution is 2.36. The molecule has 0 saturated carbocycles. The molecule has 0 radical (unpaired) electrons. The molecule has 1 saturated heterocycles. The maximum atomic E-state index is 11.7. The van der Waals surface area contributed by atoms with Gasteiger partial charge in [0.1, 0.15) is 5.69 Å². The number of nitrogens with one attached hydrogen (secondary N) is 2. The molecule has 0 aromatic carbocycles. The van der Waals surface area contributed by atoms with Crippen LogP contribution in [0.15, 0.2) is 16.9 Å². The molecule has 0 unspecified atom stereocenters. The zero-order valence-electron chi connectivity index (χ0n) is 12.4. The first-order valence-corrected chi connectivity index (χ1v) is 6.48. The predicted molar refractivity (Wildman–Crippen MR) is 76.2 cm³/mol. The molecular formula is C13H19BN2O4. The summed E-state index contributed by atoms with van der Waals surface area (Å²) in [6.07, 6.45) is 0. The van der Waals surface area contributed by atoms with Crippen LogP contribution in [0, 0.1) is 0 Å². The van der Waals surface area contributed by atoms with Crippen LogP contribution in [0.3, 0.4) is 0 Å². The van der Waals surface area contributed by atoms with Gasteiger partial charge in [-0.2, -0.15) is 0 Å². The number of hydrogen-bond donors (Lipinski definition) is 2. The molecule has 7 heteroatoms. The van der Waals surface area contributed by atoms with Gasteiger partial charge in [0.25, 0.3) is 5.91 Å². The summed E-state index contributed by atoms with van der Waals surface area (Å²) in [6, 6.07) is 2.96. The molecular weight excluding hydrogens is 259 g/mol. The fourth-order valence-corrected chi connectivity index (χ4v) is 1.94. The third-order valence-corrected chi connectivity index (χ3v) is 3.86. The monoisotopic (exact) mass is 278 g/mol. The lowest BCUT2D eigenvalue weighted by Gasteiger charge is -2.32. The third-order valence-electron chi connectivity index (χ3n) is 3.86. The van der Waals surface area contributed by atoms with Gasteiger partial charge in [0.2, 0.25) is 5.56 Å². The van der Waals surface area contributed by atoms with Crippen molar-refractivity contribution in [3.8, 4) is 0 Å². The number of carbonyl (C=O) groups is 1. The maximum Gasteiger partial charge on any atom is 0.495 e. The van der Waals surface area contributed by atoms with E-state index >= 15 is 0 Å². The van der Waals surface area contributed by atoms with Crippen molar-refractivity contribution >= 4 is 18.5 Å². The van der Waals surface area contributed by atoms with E-state index in [1.165, 1.54) is 13.1 Å². The second-order valence-electron chi connectivity index (χ2n) is 5.86. The lowest BCUT2D eigenvalue weighted by atomic mass is 9.79. The molecule has 2 heterocycles. The van der Waals surface area contributed by atoms with Crippen molar-refractivity contribution in [2.45, 2.75) is 38.9 Å². The van der Waals surface area contributed by atoms with Crippen LogP contribution in [-0.4, -0.2) is 36.3 Å². The molecule has 1 aromatic rings. The molecule has 0 spiro atoms. The van der Waals surface area contributed by atoms with E-state index in [0.29, 0.717) is 5.46 Å². The topological polar surface area (TPSA) is 80.4 Å². The van der Waals surface area contributed by atoms with E-state index in [-0.39, 0.29) is 17.2 Å². The summed E-state index contributed by atoms with van der Waals surface area (Å²) in [5, 5.41) is 2.47. The maximum absolute atomic E-state index is 11.7. The lowest BCUT2D eigenvalue weighted by molar-refractivity contribution is 0.00578. The fraction of sp³-hybridized carbons (Fsp3) is 0.538. The fourth-order valence-electron chi connectivity index (χ4n) is 1.94. The summed E-state index contributed by atoms with van der Waals surface area (Å²) in [4.78, 5) is 25.8. The standard InChI is InChI=1S/C13H19BN2O4/c1-12(2)13(3,4)20-14(19-12)8-6-9(11(18)15-5)16-10(17)7-8/h6-7H,1-5H3,(H,15,18)(H,16,17). The minimum absolute atomic E-state index is 0.185. The average molecular weight is 278 g/mol. The first kappa shape index (κ1) is 14.8. The van der Waals surface area contributed by atoms with Crippen molar-refractivity contribution in [1.82, 2.24) is 10.3 Å². The van der Waals surface area contributed by atoms with Crippen LogP contribution in [0.2, 0.25) is 0 Å². The number of aromatic nitrogens is 1. The Labute approximate surface area is 118 Å². The quantitative estimate of drug-likeness (QED) is 0.748. The number of hydrogen-bond acceptors (Lipinski definition) is 4. The Kier molecular flexibility index (Phi) is 3.52. The van der Waals surface area contributed by atoms with E-state index in [0.717, 1.165) is 0 Å². The predicted octanol–water partition coefficient (Wildman–Crippen LogP) is 0.0337. The summed E-state index contributed by atoms with van der Waals surface area (Å²) in [5.41, 5.74) is -0.632. The lowest BCUT2D eigenvalue weighted by Crippen LogP contribution is -2.41. The highest BCUT2D eigenvalue weighted by Gasteiger charge is 2.51. The normalized spacial score (nSPS) is 19.9. The SMILES string of the molecule is CNC(=O)c1cc(B2OC(C)(C)C(C)(C)O2)cc(=O)[nH]1. The van der Waals surface area contributed by atoms with E-state index in [9.17, 15) is 9.59 Å². The van der Waals surface area contributed by atoms with E-state index < -0.39 is 18.3 Å². The Bertz CT molecular complexity index is 578. The van der Waals surface area contributed by atoms with Gasteiger partial charge in [-0.3, -0.25) is 9.59 Å². The Hall–Kier alpha value is -1.60. The number of pyridine rings is 1. The van der Waals surface area contributed by atoms with Crippen molar-refractivity contribution in [2.24, 2.45) is 0 Å².